The quantitative estimate of drug-likeness (QED) is 0.771. The predicted octanol–water partition coefficient (Wildman–Crippen LogP) is 2.50. The van der Waals surface area contributed by atoms with Gasteiger partial charge in [-0.3, -0.25) is 9.78 Å². The minimum Gasteiger partial charge on any atom is -0.383 e. The van der Waals surface area contributed by atoms with Crippen molar-refractivity contribution in [1.29, 1.82) is 0 Å². The molecule has 2 heterocycles. The van der Waals surface area contributed by atoms with E-state index in [4.69, 9.17) is 11.5 Å². The van der Waals surface area contributed by atoms with Gasteiger partial charge in [0, 0.05) is 23.7 Å². The number of aromatic nitrogens is 3. The van der Waals surface area contributed by atoms with E-state index in [0.717, 1.165) is 28.6 Å². The Morgan fingerprint density at radius 1 is 1.33 bits per heavy atom. The third-order valence-electron chi connectivity index (χ3n) is 4.48. The van der Waals surface area contributed by atoms with Gasteiger partial charge in [0.1, 0.15) is 17.1 Å². The molecule has 1 saturated carbocycles. The average Bonchev–Trinajstić information content (AvgIpc) is 3.30. The minimum absolute atomic E-state index is 0.281. The molecule has 4 N–H and O–H groups in total. The van der Waals surface area contributed by atoms with Gasteiger partial charge in [0.15, 0.2) is 0 Å². The summed E-state index contributed by atoms with van der Waals surface area (Å²) in [5.41, 5.74) is 15.3. The Bertz CT molecular complexity index is 955. The number of primary amides is 1. The number of carbonyl (C=O) groups is 1. The summed E-state index contributed by atoms with van der Waals surface area (Å²) < 4.78 is 1.70. The van der Waals surface area contributed by atoms with Crippen molar-refractivity contribution in [3.05, 3.63) is 41.6 Å². The monoisotopic (exact) mass is 321 g/mol. The number of pyridine rings is 1. The van der Waals surface area contributed by atoms with Gasteiger partial charge in [-0.1, -0.05) is 12.1 Å². The molecule has 1 fully saturated rings. The number of amides is 1. The van der Waals surface area contributed by atoms with Crippen LogP contribution < -0.4 is 11.5 Å². The van der Waals surface area contributed by atoms with Gasteiger partial charge in [-0.25, -0.2) is 4.68 Å². The summed E-state index contributed by atoms with van der Waals surface area (Å²) in [6.45, 7) is 2.76. The van der Waals surface area contributed by atoms with Crippen molar-refractivity contribution in [3.8, 4) is 11.3 Å². The molecule has 24 heavy (non-hydrogen) atoms. The number of benzene rings is 1. The number of nitrogen functional groups attached to an aromatic ring is 1. The zero-order chi connectivity index (χ0) is 16.8. The average molecular weight is 321 g/mol. The fraction of sp³-hybridized carbons (Fsp3) is 0.278. The molecule has 0 aliphatic heterocycles. The Balaban J connectivity index is 1.85. The molecular weight excluding hydrogens is 302 g/mol. The second kappa shape index (κ2) is 5.33. The molecule has 1 amide bonds. The fourth-order valence-corrected chi connectivity index (χ4v) is 2.97. The van der Waals surface area contributed by atoms with Gasteiger partial charge in [0.25, 0.3) is 5.91 Å². The van der Waals surface area contributed by atoms with Crippen LogP contribution in [0, 0.1) is 12.8 Å². The SMILES string of the molecule is Cc1ccc2cc(-c3nn(CC4CC4)c(N)c3C(N)=O)cnc2c1. The third-order valence-corrected chi connectivity index (χ3v) is 4.48. The zero-order valence-electron chi connectivity index (χ0n) is 13.5. The summed E-state index contributed by atoms with van der Waals surface area (Å²) in [7, 11) is 0. The first kappa shape index (κ1) is 14.7. The van der Waals surface area contributed by atoms with Gasteiger partial charge in [-0.05, 0) is 43.4 Å². The van der Waals surface area contributed by atoms with Crippen molar-refractivity contribution in [3.63, 3.8) is 0 Å². The summed E-state index contributed by atoms with van der Waals surface area (Å²) in [5, 5.41) is 5.55. The van der Waals surface area contributed by atoms with Crippen molar-refractivity contribution in [2.24, 2.45) is 11.7 Å². The van der Waals surface area contributed by atoms with Crippen LogP contribution in [0.4, 0.5) is 5.82 Å². The minimum atomic E-state index is -0.562. The summed E-state index contributed by atoms with van der Waals surface area (Å²) in [6.07, 6.45) is 4.08. The third kappa shape index (κ3) is 2.50. The summed E-state index contributed by atoms with van der Waals surface area (Å²) in [6, 6.07) is 8.03. The fourth-order valence-electron chi connectivity index (χ4n) is 2.97. The maximum atomic E-state index is 11.9. The van der Waals surface area contributed by atoms with Crippen molar-refractivity contribution in [1.82, 2.24) is 14.8 Å². The molecule has 0 unspecified atom stereocenters. The van der Waals surface area contributed by atoms with Crippen LogP contribution in [0.5, 0.6) is 0 Å². The number of rotatable bonds is 4. The highest BCUT2D eigenvalue weighted by Gasteiger charge is 2.27. The number of nitrogens with zero attached hydrogens (tertiary/aromatic N) is 3. The highest BCUT2D eigenvalue weighted by atomic mass is 16.1. The first-order valence-corrected chi connectivity index (χ1v) is 8.06. The van der Waals surface area contributed by atoms with Gasteiger partial charge in [0.2, 0.25) is 0 Å². The Kier molecular flexibility index (Phi) is 3.26. The van der Waals surface area contributed by atoms with E-state index >= 15 is 0 Å². The Labute approximate surface area is 139 Å². The van der Waals surface area contributed by atoms with E-state index < -0.39 is 5.91 Å². The normalized spacial score (nSPS) is 14.2. The molecule has 3 aromatic rings. The van der Waals surface area contributed by atoms with Crippen LogP contribution in [0.1, 0.15) is 28.8 Å². The maximum Gasteiger partial charge on any atom is 0.254 e. The van der Waals surface area contributed by atoms with Crippen LogP contribution in [0.3, 0.4) is 0 Å². The molecule has 0 saturated heterocycles. The van der Waals surface area contributed by atoms with E-state index in [1.807, 2.05) is 31.2 Å². The molecule has 122 valence electrons. The van der Waals surface area contributed by atoms with Crippen molar-refractivity contribution in [2.45, 2.75) is 26.3 Å². The van der Waals surface area contributed by atoms with E-state index in [2.05, 4.69) is 10.1 Å². The number of hydrogen-bond donors (Lipinski definition) is 2. The lowest BCUT2D eigenvalue weighted by Crippen LogP contribution is -2.15. The maximum absolute atomic E-state index is 11.9. The van der Waals surface area contributed by atoms with Crippen LogP contribution in [0.2, 0.25) is 0 Å². The largest absolute Gasteiger partial charge is 0.383 e. The van der Waals surface area contributed by atoms with Crippen LogP contribution in [-0.4, -0.2) is 20.7 Å². The van der Waals surface area contributed by atoms with Crippen LogP contribution in [0.15, 0.2) is 30.5 Å². The lowest BCUT2D eigenvalue weighted by atomic mass is 10.1. The number of anilines is 1. The molecule has 0 spiro atoms. The number of nitrogens with two attached hydrogens (primary N) is 2. The second-order valence-corrected chi connectivity index (χ2v) is 6.52. The molecule has 4 rings (SSSR count). The molecule has 6 nitrogen and oxygen atoms in total. The summed E-state index contributed by atoms with van der Waals surface area (Å²) in [4.78, 5) is 16.4. The number of hydrogen-bond acceptors (Lipinski definition) is 4. The number of aryl methyl sites for hydroxylation is 1. The van der Waals surface area contributed by atoms with E-state index in [1.54, 1.807) is 10.9 Å². The Morgan fingerprint density at radius 2 is 2.12 bits per heavy atom. The molecule has 1 aliphatic carbocycles. The second-order valence-electron chi connectivity index (χ2n) is 6.52. The number of carbonyl (C=O) groups excluding carboxylic acids is 1. The molecule has 0 radical (unpaired) electrons. The highest BCUT2D eigenvalue weighted by molar-refractivity contribution is 6.03. The van der Waals surface area contributed by atoms with Gasteiger partial charge in [-0.2, -0.15) is 5.10 Å². The molecule has 1 aromatic carbocycles. The number of fused-ring (bicyclic) bond motifs is 1. The Hall–Kier alpha value is -2.89. The predicted molar refractivity (Wildman–Crippen MR) is 93.4 cm³/mol. The molecule has 0 bridgehead atoms. The smallest absolute Gasteiger partial charge is 0.254 e. The van der Waals surface area contributed by atoms with E-state index in [1.165, 1.54) is 12.8 Å². The van der Waals surface area contributed by atoms with Gasteiger partial charge in [-0.15, -0.1) is 0 Å². The van der Waals surface area contributed by atoms with Crippen LogP contribution in [0.25, 0.3) is 22.2 Å². The van der Waals surface area contributed by atoms with Gasteiger partial charge < -0.3 is 11.5 Å². The van der Waals surface area contributed by atoms with Crippen LogP contribution >= 0.6 is 0 Å². The van der Waals surface area contributed by atoms with E-state index in [-0.39, 0.29) is 5.56 Å². The van der Waals surface area contributed by atoms with Crippen molar-refractivity contribution >= 4 is 22.6 Å². The van der Waals surface area contributed by atoms with E-state index in [0.29, 0.717) is 17.4 Å². The zero-order valence-corrected chi connectivity index (χ0v) is 13.5. The molecule has 2 aromatic heterocycles. The van der Waals surface area contributed by atoms with Crippen molar-refractivity contribution < 1.29 is 4.79 Å². The van der Waals surface area contributed by atoms with Gasteiger partial charge >= 0.3 is 0 Å². The Morgan fingerprint density at radius 3 is 2.83 bits per heavy atom. The highest BCUT2D eigenvalue weighted by Crippen LogP contribution is 2.34. The summed E-state index contributed by atoms with van der Waals surface area (Å²) >= 11 is 0. The lowest BCUT2D eigenvalue weighted by molar-refractivity contribution is 0.100. The lowest BCUT2D eigenvalue weighted by Gasteiger charge is -2.03. The molecule has 6 heteroatoms. The first-order valence-electron chi connectivity index (χ1n) is 8.06. The van der Waals surface area contributed by atoms with E-state index in [9.17, 15) is 4.79 Å². The van der Waals surface area contributed by atoms with Crippen LogP contribution in [-0.2, 0) is 6.54 Å². The van der Waals surface area contributed by atoms with Gasteiger partial charge in [0.05, 0.1) is 5.52 Å². The van der Waals surface area contributed by atoms with Crippen molar-refractivity contribution in [2.75, 3.05) is 5.73 Å². The topological polar surface area (TPSA) is 99.8 Å². The first-order chi connectivity index (χ1) is 11.5. The molecule has 1 aliphatic rings. The molecular formula is C18H19N5O. The standard InChI is InChI=1S/C18H19N5O/c1-10-2-5-12-7-13(8-21-14(12)6-10)16-15(18(20)24)17(19)23(22-16)9-11-3-4-11/h2,5-8,11H,3-4,9,19H2,1H3,(H2,20,24). The molecule has 0 atom stereocenters. The summed E-state index contributed by atoms with van der Waals surface area (Å²) in [5.74, 6) is 0.375.